The first kappa shape index (κ1) is 20.8. The van der Waals surface area contributed by atoms with Crippen molar-refractivity contribution in [1.82, 2.24) is 9.88 Å². The van der Waals surface area contributed by atoms with Gasteiger partial charge in [0.25, 0.3) is 5.91 Å². The Balaban J connectivity index is 2.41. The number of anilines is 1. The summed E-state index contributed by atoms with van der Waals surface area (Å²) in [5.41, 5.74) is 9.49. The van der Waals surface area contributed by atoms with Gasteiger partial charge in [-0.1, -0.05) is 0 Å². The molecule has 0 aliphatic carbocycles. The van der Waals surface area contributed by atoms with Gasteiger partial charge in [0, 0.05) is 35.9 Å². The number of nitrogens with one attached hydrogen (secondary N) is 1. The van der Waals surface area contributed by atoms with E-state index in [1.807, 2.05) is 43.4 Å². The molecular weight excluding hydrogens is 354 g/mol. The first-order valence-electron chi connectivity index (χ1n) is 9.09. The molecule has 2 rings (SSSR count). The Labute approximate surface area is 165 Å². The molecule has 0 bridgehead atoms. The van der Waals surface area contributed by atoms with Crippen molar-refractivity contribution in [3.05, 3.63) is 52.9 Å². The SMILES string of the molecule is CCN(CC)c1ccc(-n2c(C)cc(/C=C(/C#N)C(=O)NC(N)=O)c2C)cc1. The van der Waals surface area contributed by atoms with Crippen molar-refractivity contribution in [3.8, 4) is 11.8 Å². The van der Waals surface area contributed by atoms with Crippen molar-refractivity contribution in [3.63, 3.8) is 0 Å². The summed E-state index contributed by atoms with van der Waals surface area (Å²) in [7, 11) is 0. The van der Waals surface area contributed by atoms with Crippen molar-refractivity contribution in [2.24, 2.45) is 5.73 Å². The average Bonchev–Trinajstić information content (AvgIpc) is 2.94. The molecule has 2 aromatic rings. The maximum absolute atomic E-state index is 11.9. The molecule has 0 aliphatic heterocycles. The van der Waals surface area contributed by atoms with E-state index in [-0.39, 0.29) is 5.57 Å². The number of nitriles is 1. The Morgan fingerprint density at radius 1 is 1.21 bits per heavy atom. The Kier molecular flexibility index (Phi) is 6.61. The van der Waals surface area contributed by atoms with Gasteiger partial charge >= 0.3 is 6.03 Å². The largest absolute Gasteiger partial charge is 0.372 e. The molecule has 3 N–H and O–H groups in total. The summed E-state index contributed by atoms with van der Waals surface area (Å²) in [4.78, 5) is 25.0. The van der Waals surface area contributed by atoms with E-state index in [2.05, 4.69) is 35.4 Å². The molecule has 0 radical (unpaired) electrons. The van der Waals surface area contributed by atoms with Gasteiger partial charge in [-0.25, -0.2) is 4.79 Å². The number of hydrogen-bond acceptors (Lipinski definition) is 4. The number of aromatic nitrogens is 1. The Morgan fingerprint density at radius 3 is 2.32 bits per heavy atom. The van der Waals surface area contributed by atoms with E-state index in [4.69, 9.17) is 5.73 Å². The second kappa shape index (κ2) is 8.91. The zero-order valence-electron chi connectivity index (χ0n) is 16.6. The lowest BCUT2D eigenvalue weighted by Crippen LogP contribution is -2.35. The average molecular weight is 379 g/mol. The van der Waals surface area contributed by atoms with Gasteiger partial charge in [-0.2, -0.15) is 5.26 Å². The van der Waals surface area contributed by atoms with E-state index in [9.17, 15) is 14.9 Å². The van der Waals surface area contributed by atoms with Gasteiger partial charge in [0.05, 0.1) is 0 Å². The molecule has 0 spiro atoms. The van der Waals surface area contributed by atoms with Gasteiger partial charge in [0.2, 0.25) is 0 Å². The monoisotopic (exact) mass is 379 g/mol. The van der Waals surface area contributed by atoms with Crippen LogP contribution in [-0.4, -0.2) is 29.6 Å². The highest BCUT2D eigenvalue weighted by Crippen LogP contribution is 2.25. The van der Waals surface area contributed by atoms with Crippen LogP contribution in [0.15, 0.2) is 35.9 Å². The molecule has 0 atom stereocenters. The molecule has 146 valence electrons. The normalized spacial score (nSPS) is 11.0. The third-order valence-corrected chi connectivity index (χ3v) is 4.61. The molecule has 0 saturated carbocycles. The number of imide groups is 1. The molecule has 0 aliphatic rings. The molecule has 3 amide bonds. The number of aryl methyl sites for hydroxylation is 1. The number of urea groups is 1. The van der Waals surface area contributed by atoms with Crippen LogP contribution in [0.25, 0.3) is 11.8 Å². The van der Waals surface area contributed by atoms with Crippen molar-refractivity contribution >= 4 is 23.7 Å². The summed E-state index contributed by atoms with van der Waals surface area (Å²) >= 11 is 0. The summed E-state index contributed by atoms with van der Waals surface area (Å²) in [5.74, 6) is -0.816. The highest BCUT2D eigenvalue weighted by atomic mass is 16.2. The first-order chi connectivity index (χ1) is 13.3. The molecule has 1 heterocycles. The Hall–Kier alpha value is -3.53. The van der Waals surface area contributed by atoms with Gasteiger partial charge in [-0.15, -0.1) is 0 Å². The summed E-state index contributed by atoms with van der Waals surface area (Å²) in [6.45, 7) is 10.00. The molecule has 1 aromatic carbocycles. The topological polar surface area (TPSA) is 104 Å². The van der Waals surface area contributed by atoms with Gasteiger partial charge < -0.3 is 15.2 Å². The number of nitrogens with two attached hydrogens (primary N) is 1. The highest BCUT2D eigenvalue weighted by molar-refractivity contribution is 6.08. The predicted octanol–water partition coefficient (Wildman–Crippen LogP) is 3.04. The Bertz CT molecular complexity index is 944. The first-order valence-corrected chi connectivity index (χ1v) is 9.09. The zero-order valence-corrected chi connectivity index (χ0v) is 16.6. The van der Waals surface area contributed by atoms with E-state index in [0.717, 1.165) is 41.4 Å². The second-order valence-electron chi connectivity index (χ2n) is 6.34. The number of carbonyl (C=O) groups is 2. The lowest BCUT2D eigenvalue weighted by Gasteiger charge is -2.21. The lowest BCUT2D eigenvalue weighted by molar-refractivity contribution is -0.115. The quantitative estimate of drug-likeness (QED) is 0.594. The van der Waals surface area contributed by atoms with E-state index in [1.54, 1.807) is 0 Å². The number of nitrogens with zero attached hydrogens (tertiary/aromatic N) is 3. The van der Waals surface area contributed by atoms with Gasteiger partial charge in [0.15, 0.2) is 0 Å². The maximum atomic E-state index is 11.9. The van der Waals surface area contributed by atoms with Crippen LogP contribution in [0.3, 0.4) is 0 Å². The summed E-state index contributed by atoms with van der Waals surface area (Å²) in [6, 6.07) is 11.0. The fourth-order valence-corrected chi connectivity index (χ4v) is 3.22. The maximum Gasteiger partial charge on any atom is 0.319 e. The molecule has 7 nitrogen and oxygen atoms in total. The van der Waals surface area contributed by atoms with Gasteiger partial charge in [-0.3, -0.25) is 10.1 Å². The fraction of sp³-hybridized carbons (Fsp3) is 0.286. The van der Waals surface area contributed by atoms with Crippen LogP contribution in [0.2, 0.25) is 0 Å². The number of rotatable bonds is 6. The number of hydrogen-bond donors (Lipinski definition) is 2. The standard InChI is InChI=1S/C21H25N5O2/c1-5-25(6-2)18-7-9-19(10-8-18)26-14(3)11-16(15(26)4)12-17(13-22)20(27)24-21(23)28/h7-12H,5-6H2,1-4H3,(H3,23,24,27,28)/b17-12-. The summed E-state index contributed by atoms with van der Waals surface area (Å²) < 4.78 is 2.05. The van der Waals surface area contributed by atoms with Crippen molar-refractivity contribution in [2.45, 2.75) is 27.7 Å². The molecular formula is C21H25N5O2. The van der Waals surface area contributed by atoms with Gasteiger partial charge in [-0.05, 0) is 69.7 Å². The van der Waals surface area contributed by atoms with Crippen molar-refractivity contribution in [1.29, 1.82) is 5.26 Å². The number of benzene rings is 1. The van der Waals surface area contributed by atoms with E-state index in [1.165, 1.54) is 6.08 Å². The predicted molar refractivity (Wildman–Crippen MR) is 110 cm³/mol. The zero-order chi connectivity index (χ0) is 20.8. The second-order valence-corrected chi connectivity index (χ2v) is 6.34. The minimum absolute atomic E-state index is 0.184. The van der Waals surface area contributed by atoms with Crippen LogP contribution in [0.4, 0.5) is 10.5 Å². The van der Waals surface area contributed by atoms with Crippen LogP contribution >= 0.6 is 0 Å². The van der Waals surface area contributed by atoms with Crippen LogP contribution in [-0.2, 0) is 4.79 Å². The van der Waals surface area contributed by atoms with Gasteiger partial charge in [0.1, 0.15) is 11.6 Å². The summed E-state index contributed by atoms with van der Waals surface area (Å²) in [6.07, 6.45) is 1.46. The van der Waals surface area contributed by atoms with Crippen LogP contribution in [0.5, 0.6) is 0 Å². The minimum atomic E-state index is -0.995. The molecule has 1 aromatic heterocycles. The van der Waals surface area contributed by atoms with Crippen LogP contribution < -0.4 is 16.0 Å². The molecule has 28 heavy (non-hydrogen) atoms. The van der Waals surface area contributed by atoms with Crippen LogP contribution in [0, 0.1) is 25.2 Å². The third-order valence-electron chi connectivity index (χ3n) is 4.61. The smallest absolute Gasteiger partial charge is 0.319 e. The Morgan fingerprint density at radius 2 is 1.82 bits per heavy atom. The minimum Gasteiger partial charge on any atom is -0.372 e. The number of primary amides is 1. The summed E-state index contributed by atoms with van der Waals surface area (Å²) in [5, 5.41) is 11.2. The van der Waals surface area contributed by atoms with Crippen molar-refractivity contribution < 1.29 is 9.59 Å². The molecule has 0 unspecified atom stereocenters. The lowest BCUT2D eigenvalue weighted by atomic mass is 10.1. The molecule has 7 heteroatoms. The van der Waals surface area contributed by atoms with Crippen LogP contribution in [0.1, 0.15) is 30.8 Å². The fourth-order valence-electron chi connectivity index (χ4n) is 3.22. The van der Waals surface area contributed by atoms with E-state index < -0.39 is 11.9 Å². The number of amides is 3. The molecule has 0 fully saturated rings. The number of carbonyl (C=O) groups excluding carboxylic acids is 2. The van der Waals surface area contributed by atoms with Crippen molar-refractivity contribution in [2.75, 3.05) is 18.0 Å². The molecule has 0 saturated heterocycles. The van der Waals surface area contributed by atoms with E-state index >= 15 is 0 Å². The third kappa shape index (κ3) is 4.41. The highest BCUT2D eigenvalue weighted by Gasteiger charge is 2.15. The van der Waals surface area contributed by atoms with E-state index in [0.29, 0.717) is 0 Å².